The zero-order chi connectivity index (χ0) is 14.7. The van der Waals surface area contributed by atoms with Crippen molar-refractivity contribution in [2.45, 2.75) is 16.3 Å². The van der Waals surface area contributed by atoms with Crippen LogP contribution in [-0.4, -0.2) is 7.05 Å². The second-order valence-electron chi connectivity index (χ2n) is 4.89. The fourth-order valence-corrected chi connectivity index (χ4v) is 3.59. The molecule has 0 amide bonds. The molecule has 0 saturated heterocycles. The molecule has 3 heteroatoms. The highest BCUT2D eigenvalue weighted by Crippen LogP contribution is 2.34. The molecule has 1 nitrogen and oxygen atoms in total. The van der Waals surface area contributed by atoms with Gasteiger partial charge in [-0.3, -0.25) is 0 Å². The van der Waals surface area contributed by atoms with Crippen LogP contribution in [0.1, 0.15) is 5.56 Å². The molecule has 0 heterocycles. The third-order valence-electron chi connectivity index (χ3n) is 3.35. The third kappa shape index (κ3) is 3.41. The summed E-state index contributed by atoms with van der Waals surface area (Å²) in [7, 11) is 1.96. The molecule has 0 aliphatic heterocycles. The standard InChI is InChI=1S/C18H16ClNS/c1-20-12-15-6-8-16(19)11-18(15)21-17-9-7-13-4-2-3-5-14(13)10-17/h2-11,20H,12H2,1H3. The fraction of sp³-hybridized carbons (Fsp3) is 0.111. The van der Waals surface area contributed by atoms with Crippen molar-refractivity contribution in [1.29, 1.82) is 0 Å². The summed E-state index contributed by atoms with van der Waals surface area (Å²) in [6, 6.07) is 21.0. The summed E-state index contributed by atoms with van der Waals surface area (Å²) in [5.41, 5.74) is 1.26. The van der Waals surface area contributed by atoms with Crippen LogP contribution in [-0.2, 0) is 6.54 Å². The number of nitrogens with one attached hydrogen (secondary N) is 1. The lowest BCUT2D eigenvalue weighted by atomic mass is 10.1. The van der Waals surface area contributed by atoms with Crippen LogP contribution in [0.4, 0.5) is 0 Å². The maximum atomic E-state index is 6.14. The Kier molecular flexibility index (Phi) is 4.49. The third-order valence-corrected chi connectivity index (χ3v) is 4.67. The van der Waals surface area contributed by atoms with Crippen molar-refractivity contribution in [1.82, 2.24) is 5.32 Å². The molecule has 0 saturated carbocycles. The summed E-state index contributed by atoms with van der Waals surface area (Å²) in [4.78, 5) is 2.43. The minimum Gasteiger partial charge on any atom is -0.316 e. The normalized spacial score (nSPS) is 11.0. The Hall–Kier alpha value is -1.48. The maximum Gasteiger partial charge on any atom is 0.0417 e. The first-order valence-electron chi connectivity index (χ1n) is 6.86. The van der Waals surface area contributed by atoms with E-state index in [4.69, 9.17) is 11.6 Å². The Bertz CT molecular complexity index is 770. The summed E-state index contributed by atoms with van der Waals surface area (Å²) in [5, 5.41) is 6.51. The lowest BCUT2D eigenvalue weighted by Crippen LogP contribution is -2.05. The molecule has 3 rings (SSSR count). The molecule has 0 radical (unpaired) electrons. The van der Waals surface area contributed by atoms with Crippen LogP contribution in [0.15, 0.2) is 70.5 Å². The molecule has 0 fully saturated rings. The fourth-order valence-electron chi connectivity index (χ4n) is 2.32. The molecule has 0 aliphatic carbocycles. The minimum absolute atomic E-state index is 0.776. The Balaban J connectivity index is 1.95. The summed E-state index contributed by atoms with van der Waals surface area (Å²) in [6.07, 6.45) is 0. The summed E-state index contributed by atoms with van der Waals surface area (Å²) < 4.78 is 0. The molecule has 0 aromatic heterocycles. The lowest BCUT2D eigenvalue weighted by Gasteiger charge is -2.10. The first-order valence-corrected chi connectivity index (χ1v) is 8.05. The highest BCUT2D eigenvalue weighted by Gasteiger charge is 2.06. The summed E-state index contributed by atoms with van der Waals surface area (Å²) in [6.45, 7) is 0.840. The van der Waals surface area contributed by atoms with Crippen LogP contribution in [0.25, 0.3) is 10.8 Å². The van der Waals surface area contributed by atoms with Gasteiger partial charge in [0, 0.05) is 21.4 Å². The van der Waals surface area contributed by atoms with Crippen LogP contribution >= 0.6 is 23.4 Å². The van der Waals surface area contributed by atoms with E-state index in [0.29, 0.717) is 0 Å². The van der Waals surface area contributed by atoms with E-state index in [9.17, 15) is 0 Å². The van der Waals surface area contributed by atoms with Gasteiger partial charge in [0.25, 0.3) is 0 Å². The predicted octanol–water partition coefficient (Wildman–Crippen LogP) is 5.36. The Morgan fingerprint density at radius 2 is 1.76 bits per heavy atom. The van der Waals surface area contributed by atoms with Gasteiger partial charge in [-0.15, -0.1) is 0 Å². The quantitative estimate of drug-likeness (QED) is 0.695. The van der Waals surface area contributed by atoms with E-state index in [1.807, 2.05) is 19.2 Å². The first-order chi connectivity index (χ1) is 10.3. The van der Waals surface area contributed by atoms with Gasteiger partial charge >= 0.3 is 0 Å². The van der Waals surface area contributed by atoms with E-state index in [1.54, 1.807) is 11.8 Å². The van der Waals surface area contributed by atoms with E-state index in [0.717, 1.165) is 11.6 Å². The molecule has 21 heavy (non-hydrogen) atoms. The highest BCUT2D eigenvalue weighted by molar-refractivity contribution is 7.99. The van der Waals surface area contributed by atoms with Gasteiger partial charge in [0.05, 0.1) is 0 Å². The summed E-state index contributed by atoms with van der Waals surface area (Å²) >= 11 is 7.90. The van der Waals surface area contributed by atoms with Gasteiger partial charge in [-0.25, -0.2) is 0 Å². The van der Waals surface area contributed by atoms with E-state index >= 15 is 0 Å². The van der Waals surface area contributed by atoms with Crippen LogP contribution in [0.3, 0.4) is 0 Å². The van der Waals surface area contributed by atoms with Gasteiger partial charge in [0.2, 0.25) is 0 Å². The van der Waals surface area contributed by atoms with Crippen molar-refractivity contribution in [3.05, 3.63) is 71.2 Å². The van der Waals surface area contributed by atoms with E-state index in [-0.39, 0.29) is 0 Å². The molecular formula is C18H16ClNS. The molecule has 1 N–H and O–H groups in total. The van der Waals surface area contributed by atoms with Crippen molar-refractivity contribution in [2.75, 3.05) is 7.05 Å². The molecule has 0 spiro atoms. The van der Waals surface area contributed by atoms with E-state index < -0.39 is 0 Å². The van der Waals surface area contributed by atoms with Crippen LogP contribution < -0.4 is 5.32 Å². The van der Waals surface area contributed by atoms with Crippen molar-refractivity contribution in [2.24, 2.45) is 0 Å². The van der Waals surface area contributed by atoms with Crippen molar-refractivity contribution >= 4 is 34.1 Å². The van der Waals surface area contributed by atoms with Gasteiger partial charge in [-0.05, 0) is 47.6 Å². The van der Waals surface area contributed by atoms with Crippen molar-refractivity contribution in [3.63, 3.8) is 0 Å². The van der Waals surface area contributed by atoms with E-state index in [1.165, 1.54) is 26.1 Å². The zero-order valence-electron chi connectivity index (χ0n) is 11.8. The Morgan fingerprint density at radius 1 is 0.952 bits per heavy atom. The molecule has 3 aromatic carbocycles. The van der Waals surface area contributed by atoms with Crippen molar-refractivity contribution in [3.8, 4) is 0 Å². The van der Waals surface area contributed by atoms with Gasteiger partial charge in [-0.1, -0.05) is 59.8 Å². The molecule has 106 valence electrons. The number of halogens is 1. The molecule has 0 aliphatic rings. The van der Waals surface area contributed by atoms with Gasteiger partial charge < -0.3 is 5.32 Å². The minimum atomic E-state index is 0.776. The number of fused-ring (bicyclic) bond motifs is 1. The second kappa shape index (κ2) is 6.52. The molecular weight excluding hydrogens is 298 g/mol. The molecule has 0 bridgehead atoms. The monoisotopic (exact) mass is 313 g/mol. The summed E-state index contributed by atoms with van der Waals surface area (Å²) in [5.74, 6) is 0. The second-order valence-corrected chi connectivity index (χ2v) is 6.45. The van der Waals surface area contributed by atoms with Gasteiger partial charge in [0.15, 0.2) is 0 Å². The van der Waals surface area contributed by atoms with Crippen LogP contribution in [0.2, 0.25) is 5.02 Å². The highest BCUT2D eigenvalue weighted by atomic mass is 35.5. The van der Waals surface area contributed by atoms with Gasteiger partial charge in [-0.2, -0.15) is 0 Å². The Morgan fingerprint density at radius 3 is 2.57 bits per heavy atom. The molecule has 0 atom stereocenters. The predicted molar refractivity (Wildman–Crippen MR) is 92.3 cm³/mol. The molecule has 0 unspecified atom stereocenters. The Labute approximate surface area is 134 Å². The lowest BCUT2D eigenvalue weighted by molar-refractivity contribution is 0.803. The topological polar surface area (TPSA) is 12.0 Å². The number of rotatable bonds is 4. The smallest absolute Gasteiger partial charge is 0.0417 e. The number of benzene rings is 3. The SMILES string of the molecule is CNCc1ccc(Cl)cc1Sc1ccc2ccccc2c1. The van der Waals surface area contributed by atoms with Crippen LogP contribution in [0, 0.1) is 0 Å². The average Bonchev–Trinajstić information content (AvgIpc) is 2.50. The zero-order valence-corrected chi connectivity index (χ0v) is 13.3. The number of hydrogen-bond acceptors (Lipinski definition) is 2. The largest absolute Gasteiger partial charge is 0.316 e. The maximum absolute atomic E-state index is 6.14. The van der Waals surface area contributed by atoms with Gasteiger partial charge in [0.1, 0.15) is 0 Å². The molecule has 3 aromatic rings. The number of hydrogen-bond donors (Lipinski definition) is 1. The van der Waals surface area contributed by atoms with E-state index in [2.05, 4.69) is 53.8 Å². The average molecular weight is 314 g/mol. The van der Waals surface area contributed by atoms with Crippen LogP contribution in [0.5, 0.6) is 0 Å². The van der Waals surface area contributed by atoms with Crippen molar-refractivity contribution < 1.29 is 0 Å². The first kappa shape index (κ1) is 14.5.